The van der Waals surface area contributed by atoms with Gasteiger partial charge in [0.2, 0.25) is 5.91 Å². The van der Waals surface area contributed by atoms with E-state index in [-0.39, 0.29) is 0 Å². The van der Waals surface area contributed by atoms with Crippen LogP contribution in [0.4, 0.5) is 18.0 Å². The molecule has 0 heterocycles. The normalized spacial score (nSPS) is 12.8. The van der Waals surface area contributed by atoms with Gasteiger partial charge in [0, 0.05) is 0 Å². The monoisotopic (exact) mass is 284 g/mol. The largest absolute Gasteiger partial charge is 0.444 e. The fourth-order valence-electron chi connectivity index (χ4n) is 1.02. The number of hydrogen-bond donors (Lipinski definition) is 2. The average Bonchev–Trinajstić information content (AvgIpc) is 2.08. The first-order valence-electron chi connectivity index (χ1n) is 5.59. The molecule has 0 aromatic heterocycles. The molecule has 2 amide bonds. The van der Waals surface area contributed by atoms with Crippen LogP contribution >= 0.6 is 0 Å². The summed E-state index contributed by atoms with van der Waals surface area (Å²) in [5.74, 6) is -0.948. The van der Waals surface area contributed by atoms with Gasteiger partial charge in [-0.1, -0.05) is 0 Å². The maximum atomic E-state index is 12.0. The van der Waals surface area contributed by atoms with Crippen LogP contribution < -0.4 is 10.6 Å². The zero-order valence-corrected chi connectivity index (χ0v) is 11.6. The summed E-state index contributed by atoms with van der Waals surface area (Å²) < 4.78 is 40.8. The number of hydrogen-bond acceptors (Lipinski definition) is 3. The fraction of sp³-hybridized carbons (Fsp3) is 0.818. The van der Waals surface area contributed by atoms with Gasteiger partial charge in [-0.15, -0.1) is 0 Å². The van der Waals surface area contributed by atoms with E-state index in [1.54, 1.807) is 26.1 Å². The summed E-state index contributed by atoms with van der Waals surface area (Å²) in [6, 6.07) is 0. The van der Waals surface area contributed by atoms with Crippen molar-refractivity contribution in [1.82, 2.24) is 10.6 Å². The molecule has 0 fully saturated rings. The number of alkyl halides is 3. The van der Waals surface area contributed by atoms with Crippen molar-refractivity contribution in [3.05, 3.63) is 0 Å². The fourth-order valence-corrected chi connectivity index (χ4v) is 1.02. The molecule has 0 unspecified atom stereocenters. The van der Waals surface area contributed by atoms with E-state index in [2.05, 4.69) is 5.32 Å². The highest BCUT2D eigenvalue weighted by Crippen LogP contribution is 2.14. The predicted molar refractivity (Wildman–Crippen MR) is 62.5 cm³/mol. The molecule has 8 heteroatoms. The third-order valence-corrected chi connectivity index (χ3v) is 1.83. The highest BCUT2D eigenvalue weighted by Gasteiger charge is 2.35. The molecule has 0 aliphatic carbocycles. The second-order valence-electron chi connectivity index (χ2n) is 5.55. The lowest BCUT2D eigenvalue weighted by Gasteiger charge is -2.27. The van der Waals surface area contributed by atoms with Gasteiger partial charge < -0.3 is 15.4 Å². The van der Waals surface area contributed by atoms with E-state index < -0.39 is 35.9 Å². The van der Waals surface area contributed by atoms with Crippen LogP contribution in [0, 0.1) is 0 Å². The number of amides is 2. The smallest absolute Gasteiger partial charge is 0.408 e. The molecular weight excluding hydrogens is 265 g/mol. The van der Waals surface area contributed by atoms with Crippen molar-refractivity contribution in [3.63, 3.8) is 0 Å². The van der Waals surface area contributed by atoms with Gasteiger partial charge in [-0.25, -0.2) is 4.79 Å². The van der Waals surface area contributed by atoms with Crippen molar-refractivity contribution < 1.29 is 27.5 Å². The van der Waals surface area contributed by atoms with Crippen molar-refractivity contribution in [2.75, 3.05) is 6.54 Å². The molecule has 2 N–H and O–H groups in total. The number of halogens is 3. The van der Waals surface area contributed by atoms with Crippen molar-refractivity contribution in [3.8, 4) is 0 Å². The molecule has 0 radical (unpaired) electrons. The van der Waals surface area contributed by atoms with E-state index in [1.807, 2.05) is 0 Å². The highest BCUT2D eigenvalue weighted by molar-refractivity contribution is 5.89. The molecule has 0 bridgehead atoms. The summed E-state index contributed by atoms with van der Waals surface area (Å²) in [6.07, 6.45) is -5.38. The Morgan fingerprint density at radius 1 is 1.05 bits per heavy atom. The highest BCUT2D eigenvalue weighted by atomic mass is 19.4. The Balaban J connectivity index is 4.45. The minimum Gasteiger partial charge on any atom is -0.444 e. The van der Waals surface area contributed by atoms with Crippen molar-refractivity contribution in [2.45, 2.75) is 51.9 Å². The first-order valence-corrected chi connectivity index (χ1v) is 5.59. The van der Waals surface area contributed by atoms with Gasteiger partial charge in [-0.3, -0.25) is 4.79 Å². The molecule has 0 atom stereocenters. The minimum absolute atomic E-state index is 0.761. The summed E-state index contributed by atoms with van der Waals surface area (Å²) in [6.45, 7) is 5.99. The van der Waals surface area contributed by atoms with E-state index in [9.17, 15) is 22.8 Å². The first-order chi connectivity index (χ1) is 8.23. The third kappa shape index (κ3) is 8.28. The Kier molecular flexibility index (Phi) is 5.23. The molecular formula is C11H19F3N2O3. The molecule has 19 heavy (non-hydrogen) atoms. The lowest BCUT2D eigenvalue weighted by Crippen LogP contribution is -2.56. The van der Waals surface area contributed by atoms with Gasteiger partial charge in [-0.2, -0.15) is 13.2 Å². The predicted octanol–water partition coefficient (Wildman–Crippen LogP) is 1.97. The second-order valence-corrected chi connectivity index (χ2v) is 5.55. The van der Waals surface area contributed by atoms with Crippen molar-refractivity contribution >= 4 is 12.0 Å². The van der Waals surface area contributed by atoms with E-state index in [4.69, 9.17) is 4.74 Å². The number of carbonyl (C=O) groups excluding carboxylic acids is 2. The molecule has 5 nitrogen and oxygen atoms in total. The number of rotatable bonds is 3. The second kappa shape index (κ2) is 5.66. The summed E-state index contributed by atoms with van der Waals surface area (Å²) in [7, 11) is 0. The molecule has 0 rings (SSSR count). The topological polar surface area (TPSA) is 67.4 Å². The molecule has 0 aliphatic rings. The summed E-state index contributed by atoms with van der Waals surface area (Å²) >= 11 is 0. The van der Waals surface area contributed by atoms with Crippen LogP contribution in [0.25, 0.3) is 0 Å². The Labute approximate surface area is 109 Å². The quantitative estimate of drug-likeness (QED) is 0.832. The van der Waals surface area contributed by atoms with E-state index >= 15 is 0 Å². The lowest BCUT2D eigenvalue weighted by atomic mass is 10.1. The average molecular weight is 284 g/mol. The molecule has 0 aliphatic heterocycles. The number of carbonyl (C=O) groups is 2. The van der Waals surface area contributed by atoms with Crippen molar-refractivity contribution in [1.29, 1.82) is 0 Å². The Bertz CT molecular complexity index is 346. The Hall–Kier alpha value is -1.47. The van der Waals surface area contributed by atoms with Gasteiger partial charge in [0.15, 0.2) is 0 Å². The van der Waals surface area contributed by atoms with E-state index in [0.717, 1.165) is 0 Å². The molecule has 0 saturated carbocycles. The van der Waals surface area contributed by atoms with Gasteiger partial charge in [0.05, 0.1) is 0 Å². The summed E-state index contributed by atoms with van der Waals surface area (Å²) in [4.78, 5) is 23.0. The number of nitrogens with one attached hydrogen (secondary N) is 2. The van der Waals surface area contributed by atoms with Crippen LogP contribution in [0.5, 0.6) is 0 Å². The first kappa shape index (κ1) is 17.5. The molecule has 0 aromatic rings. The number of ether oxygens (including phenoxy) is 1. The summed E-state index contributed by atoms with van der Waals surface area (Å²) in [5.41, 5.74) is -2.27. The number of alkyl carbamates (subject to hydrolysis) is 1. The van der Waals surface area contributed by atoms with Crippen LogP contribution in [0.15, 0.2) is 0 Å². The zero-order valence-electron chi connectivity index (χ0n) is 11.6. The molecule has 0 aromatic carbocycles. The summed E-state index contributed by atoms with van der Waals surface area (Å²) in [5, 5.41) is 3.91. The van der Waals surface area contributed by atoms with Gasteiger partial charge in [0.25, 0.3) is 0 Å². The molecule has 112 valence electrons. The van der Waals surface area contributed by atoms with Crippen LogP contribution in [-0.2, 0) is 9.53 Å². The van der Waals surface area contributed by atoms with Crippen LogP contribution in [-0.4, -0.2) is 35.9 Å². The Morgan fingerprint density at radius 2 is 1.53 bits per heavy atom. The molecule has 0 spiro atoms. The molecule has 0 saturated heterocycles. The standard InChI is InChI=1S/C11H19F3N2O3/c1-9(2,3)19-8(18)16-10(4,5)7(17)15-6-11(12,13)14/h6H2,1-5H3,(H,15,17)(H,16,18). The van der Waals surface area contributed by atoms with E-state index in [1.165, 1.54) is 13.8 Å². The van der Waals surface area contributed by atoms with Crippen LogP contribution in [0.1, 0.15) is 34.6 Å². The maximum absolute atomic E-state index is 12.0. The zero-order chi connectivity index (χ0) is 15.5. The lowest BCUT2D eigenvalue weighted by molar-refractivity contribution is -0.141. The van der Waals surface area contributed by atoms with Crippen LogP contribution in [0.3, 0.4) is 0 Å². The van der Waals surface area contributed by atoms with Gasteiger partial charge in [-0.05, 0) is 34.6 Å². The van der Waals surface area contributed by atoms with Crippen molar-refractivity contribution in [2.24, 2.45) is 0 Å². The van der Waals surface area contributed by atoms with Gasteiger partial charge >= 0.3 is 12.3 Å². The van der Waals surface area contributed by atoms with Gasteiger partial charge in [0.1, 0.15) is 17.7 Å². The minimum atomic E-state index is -4.50. The SMILES string of the molecule is CC(C)(C)OC(=O)NC(C)(C)C(=O)NCC(F)(F)F. The third-order valence-electron chi connectivity index (χ3n) is 1.83. The van der Waals surface area contributed by atoms with Crippen LogP contribution in [0.2, 0.25) is 0 Å². The Morgan fingerprint density at radius 3 is 1.89 bits per heavy atom. The van der Waals surface area contributed by atoms with E-state index in [0.29, 0.717) is 0 Å². The maximum Gasteiger partial charge on any atom is 0.408 e.